The van der Waals surface area contributed by atoms with Crippen LogP contribution in [0, 0.1) is 0 Å². The van der Waals surface area contributed by atoms with Crippen LogP contribution in [0.2, 0.25) is 15.1 Å². The molecule has 0 spiro atoms. The number of halogens is 3. The number of carbonyl (C=O) groups is 2. The molecule has 0 bridgehead atoms. The van der Waals surface area contributed by atoms with Gasteiger partial charge in [-0.15, -0.1) is 0 Å². The minimum Gasteiger partial charge on any atom is -0.337 e. The van der Waals surface area contributed by atoms with Gasteiger partial charge in [-0.3, -0.25) is 9.59 Å². The first kappa shape index (κ1) is 23.5. The maximum atomic E-state index is 13.1. The second kappa shape index (κ2) is 10.1. The summed E-state index contributed by atoms with van der Waals surface area (Å²) in [6.07, 6.45) is 2.50. The molecule has 1 aliphatic heterocycles. The van der Waals surface area contributed by atoms with Gasteiger partial charge in [0.1, 0.15) is 6.04 Å². The predicted octanol–water partition coefficient (Wildman–Crippen LogP) is 5.52. The summed E-state index contributed by atoms with van der Waals surface area (Å²) in [5, 5.41) is 5.29. The van der Waals surface area contributed by atoms with E-state index < -0.39 is 0 Å². The van der Waals surface area contributed by atoms with Gasteiger partial charge in [0.2, 0.25) is 17.6 Å². The third-order valence-electron chi connectivity index (χ3n) is 5.52. The normalized spacial score (nSPS) is 16.0. The maximum Gasteiger partial charge on any atom is 0.254 e. The largest absolute Gasteiger partial charge is 0.337 e. The highest BCUT2D eigenvalue weighted by atomic mass is 35.5. The Labute approximate surface area is 206 Å². The molecular formula is C23H21Cl3N4O3. The van der Waals surface area contributed by atoms with E-state index in [-0.39, 0.29) is 29.4 Å². The summed E-state index contributed by atoms with van der Waals surface area (Å²) in [7, 11) is 1.58. The predicted molar refractivity (Wildman–Crippen MR) is 126 cm³/mol. The van der Waals surface area contributed by atoms with E-state index >= 15 is 0 Å². The molecule has 2 heterocycles. The number of hydrogen-bond acceptors (Lipinski definition) is 5. The molecule has 1 saturated heterocycles. The number of likely N-dealkylation sites (N-methyl/N-ethyl adjacent to an activating group) is 1. The average molecular weight is 508 g/mol. The molecule has 1 unspecified atom stereocenters. The third-order valence-corrected chi connectivity index (χ3v) is 6.49. The van der Waals surface area contributed by atoms with Crippen LogP contribution in [0.1, 0.15) is 41.6 Å². The van der Waals surface area contributed by atoms with E-state index in [1.165, 1.54) is 11.0 Å². The summed E-state index contributed by atoms with van der Waals surface area (Å²) in [6, 6.07) is 11.5. The number of aromatic nitrogens is 2. The molecule has 0 radical (unpaired) electrons. The molecule has 7 nitrogen and oxygen atoms in total. The zero-order valence-corrected chi connectivity index (χ0v) is 20.1. The number of piperidine rings is 1. The van der Waals surface area contributed by atoms with Gasteiger partial charge < -0.3 is 14.3 Å². The Morgan fingerprint density at radius 2 is 1.94 bits per heavy atom. The number of likely N-dealkylation sites (tertiary alicyclic amines) is 1. The summed E-state index contributed by atoms with van der Waals surface area (Å²) >= 11 is 18.0. The molecule has 1 fully saturated rings. The fourth-order valence-electron chi connectivity index (χ4n) is 3.82. The lowest BCUT2D eigenvalue weighted by atomic mass is 10.0. The number of rotatable bonds is 5. The molecule has 1 atom stereocenters. The van der Waals surface area contributed by atoms with Crippen LogP contribution in [-0.4, -0.2) is 51.9 Å². The molecule has 0 saturated carbocycles. The molecule has 10 heteroatoms. The highest BCUT2D eigenvalue weighted by Gasteiger charge is 2.33. The van der Waals surface area contributed by atoms with Crippen molar-refractivity contribution in [3.8, 4) is 11.4 Å². The quantitative estimate of drug-likeness (QED) is 0.454. The SMILES string of the molecule is CN(CC(=O)N1CCCCC1c1nc(-c2cccc(Cl)c2)no1)C(=O)c1ccc(Cl)c(Cl)c1. The fraction of sp³-hybridized carbons (Fsp3) is 0.304. The van der Waals surface area contributed by atoms with E-state index in [0.29, 0.717) is 40.3 Å². The van der Waals surface area contributed by atoms with Gasteiger partial charge in [0.05, 0.1) is 16.6 Å². The zero-order chi connectivity index (χ0) is 23.5. The second-order valence-corrected chi connectivity index (χ2v) is 9.11. The summed E-state index contributed by atoms with van der Waals surface area (Å²) in [6.45, 7) is 0.456. The summed E-state index contributed by atoms with van der Waals surface area (Å²) in [4.78, 5) is 33.5. The molecule has 2 aromatic carbocycles. The molecule has 0 N–H and O–H groups in total. The van der Waals surface area contributed by atoms with Gasteiger partial charge in [-0.05, 0) is 49.6 Å². The second-order valence-electron chi connectivity index (χ2n) is 7.86. The minimum absolute atomic E-state index is 0.0924. The lowest BCUT2D eigenvalue weighted by molar-refractivity contribution is -0.136. The van der Waals surface area contributed by atoms with Gasteiger partial charge in [0.25, 0.3) is 5.91 Å². The van der Waals surface area contributed by atoms with Crippen molar-refractivity contribution >= 4 is 46.6 Å². The Bertz CT molecular complexity index is 1180. The Balaban J connectivity index is 1.48. The number of benzene rings is 2. The summed E-state index contributed by atoms with van der Waals surface area (Å²) < 4.78 is 5.52. The Morgan fingerprint density at radius 3 is 2.70 bits per heavy atom. The van der Waals surface area contributed by atoms with Crippen LogP contribution in [0.4, 0.5) is 0 Å². The summed E-state index contributed by atoms with van der Waals surface area (Å²) in [5.74, 6) is 0.267. The number of nitrogens with zero attached hydrogens (tertiary/aromatic N) is 4. The zero-order valence-electron chi connectivity index (χ0n) is 17.8. The van der Waals surface area contributed by atoms with E-state index in [1.54, 1.807) is 36.2 Å². The lowest BCUT2D eigenvalue weighted by Gasteiger charge is -2.34. The van der Waals surface area contributed by atoms with Crippen LogP contribution in [0.15, 0.2) is 47.0 Å². The molecular weight excluding hydrogens is 487 g/mol. The van der Waals surface area contributed by atoms with Crippen LogP contribution in [0.3, 0.4) is 0 Å². The van der Waals surface area contributed by atoms with Crippen molar-refractivity contribution in [1.29, 1.82) is 0 Å². The van der Waals surface area contributed by atoms with E-state index in [9.17, 15) is 9.59 Å². The Kier molecular flexibility index (Phi) is 7.22. The van der Waals surface area contributed by atoms with Crippen molar-refractivity contribution in [2.75, 3.05) is 20.1 Å². The molecule has 33 heavy (non-hydrogen) atoms. The topological polar surface area (TPSA) is 79.5 Å². The lowest BCUT2D eigenvalue weighted by Crippen LogP contribution is -2.45. The average Bonchev–Trinajstić information content (AvgIpc) is 3.30. The number of carbonyl (C=O) groups excluding carboxylic acids is 2. The highest BCUT2D eigenvalue weighted by molar-refractivity contribution is 6.42. The van der Waals surface area contributed by atoms with Crippen LogP contribution >= 0.6 is 34.8 Å². The Hall–Kier alpha value is -2.61. The number of amides is 2. The molecule has 172 valence electrons. The van der Waals surface area contributed by atoms with Gasteiger partial charge in [0.15, 0.2) is 0 Å². The van der Waals surface area contributed by atoms with Crippen molar-refractivity contribution < 1.29 is 14.1 Å². The van der Waals surface area contributed by atoms with Crippen LogP contribution in [0.5, 0.6) is 0 Å². The molecule has 3 aromatic rings. The van der Waals surface area contributed by atoms with E-state index in [2.05, 4.69) is 10.1 Å². The smallest absolute Gasteiger partial charge is 0.254 e. The molecule has 2 amide bonds. The van der Waals surface area contributed by atoms with Crippen molar-refractivity contribution in [3.05, 3.63) is 69.0 Å². The maximum absolute atomic E-state index is 13.1. The molecule has 1 aromatic heterocycles. The van der Waals surface area contributed by atoms with Crippen molar-refractivity contribution in [1.82, 2.24) is 19.9 Å². The number of hydrogen-bond donors (Lipinski definition) is 0. The van der Waals surface area contributed by atoms with Crippen LogP contribution in [0.25, 0.3) is 11.4 Å². The van der Waals surface area contributed by atoms with Gasteiger partial charge in [-0.2, -0.15) is 4.98 Å². The Morgan fingerprint density at radius 1 is 1.12 bits per heavy atom. The van der Waals surface area contributed by atoms with E-state index in [4.69, 9.17) is 39.3 Å². The highest BCUT2D eigenvalue weighted by Crippen LogP contribution is 2.32. The molecule has 0 aliphatic carbocycles. The summed E-state index contributed by atoms with van der Waals surface area (Å²) in [5.41, 5.74) is 1.09. The minimum atomic E-state index is -0.347. The van der Waals surface area contributed by atoms with Gasteiger partial charge >= 0.3 is 0 Å². The van der Waals surface area contributed by atoms with Crippen LogP contribution in [-0.2, 0) is 4.79 Å². The molecule has 1 aliphatic rings. The fourth-order valence-corrected chi connectivity index (χ4v) is 4.31. The van der Waals surface area contributed by atoms with Crippen molar-refractivity contribution in [2.45, 2.75) is 25.3 Å². The monoisotopic (exact) mass is 506 g/mol. The van der Waals surface area contributed by atoms with E-state index in [0.717, 1.165) is 18.4 Å². The van der Waals surface area contributed by atoms with E-state index in [1.807, 2.05) is 12.1 Å². The molecule has 4 rings (SSSR count). The first-order valence-corrected chi connectivity index (χ1v) is 11.6. The first-order valence-electron chi connectivity index (χ1n) is 10.4. The van der Waals surface area contributed by atoms with Gasteiger partial charge in [0, 0.05) is 29.7 Å². The van der Waals surface area contributed by atoms with Crippen LogP contribution < -0.4 is 0 Å². The first-order chi connectivity index (χ1) is 15.8. The standard InChI is InChI=1S/C23H21Cl3N4O3/c1-29(23(32)15-8-9-17(25)18(26)12-15)13-20(31)30-10-3-2-7-19(30)22-27-21(28-33-22)14-5-4-6-16(24)11-14/h4-6,8-9,11-12,19H,2-3,7,10,13H2,1H3. The van der Waals surface area contributed by atoms with Crippen molar-refractivity contribution in [2.24, 2.45) is 0 Å². The van der Waals surface area contributed by atoms with Gasteiger partial charge in [-0.25, -0.2) is 0 Å². The van der Waals surface area contributed by atoms with Crippen molar-refractivity contribution in [3.63, 3.8) is 0 Å². The third kappa shape index (κ3) is 5.32. The van der Waals surface area contributed by atoms with Gasteiger partial charge in [-0.1, -0.05) is 52.1 Å².